The average Bonchev–Trinajstić information content (AvgIpc) is 2.83. The van der Waals surface area contributed by atoms with Crippen LogP contribution in [-0.4, -0.2) is 24.3 Å². The lowest BCUT2D eigenvalue weighted by Crippen LogP contribution is -2.33. The summed E-state index contributed by atoms with van der Waals surface area (Å²) in [5.41, 5.74) is -0.444. The summed E-state index contributed by atoms with van der Waals surface area (Å²) in [5, 5.41) is 0. The quantitative estimate of drug-likeness (QED) is 0.0814. The van der Waals surface area contributed by atoms with Crippen molar-refractivity contribution in [3.63, 3.8) is 0 Å². The molecule has 1 unspecified atom stereocenters. The third kappa shape index (κ3) is 26.5. The van der Waals surface area contributed by atoms with Gasteiger partial charge in [0.05, 0.1) is 0 Å². The number of carbonyl (C=O) groups is 1. The third-order valence-electron chi connectivity index (χ3n) is 7.11. The maximum atomic E-state index is 12.1. The van der Waals surface area contributed by atoms with E-state index >= 15 is 0 Å². The zero-order valence-electron chi connectivity index (χ0n) is 25.5. The average molecular weight is 511 g/mol. The zero-order chi connectivity index (χ0) is 26.7. The Morgan fingerprint density at radius 2 is 0.833 bits per heavy atom. The summed E-state index contributed by atoms with van der Waals surface area (Å²) < 4.78 is 11.2. The highest BCUT2D eigenvalue weighted by Gasteiger charge is 2.24. The lowest BCUT2D eigenvalue weighted by atomic mass is 10.0. The Kier molecular flexibility index (Phi) is 25.6. The first-order chi connectivity index (χ1) is 17.4. The number of carbonyl (C=O) groups excluding carboxylic acids is 1. The number of rotatable bonds is 27. The first-order valence-corrected chi connectivity index (χ1v) is 16.2. The standard InChI is InChI=1S/C33H66O3/c1-6-8-9-10-11-12-13-14-15-16-17-18-19-20-21-22-23-24-25-26-27-28-29-30-35-31(7-2)32(34)36-33(3,4)5/h31H,6-30H2,1-5H3. The summed E-state index contributed by atoms with van der Waals surface area (Å²) in [6, 6.07) is 0. The van der Waals surface area contributed by atoms with Crippen LogP contribution in [0.25, 0.3) is 0 Å². The van der Waals surface area contributed by atoms with E-state index in [-0.39, 0.29) is 5.97 Å². The normalized spacial score (nSPS) is 12.7. The molecule has 0 radical (unpaired) electrons. The van der Waals surface area contributed by atoms with Crippen molar-refractivity contribution >= 4 is 5.97 Å². The molecule has 0 aromatic rings. The van der Waals surface area contributed by atoms with Gasteiger partial charge in [0.15, 0.2) is 6.10 Å². The fourth-order valence-electron chi connectivity index (χ4n) is 4.83. The van der Waals surface area contributed by atoms with Crippen molar-refractivity contribution in [2.75, 3.05) is 6.61 Å². The van der Waals surface area contributed by atoms with Crippen molar-refractivity contribution in [1.82, 2.24) is 0 Å². The molecule has 0 aliphatic carbocycles. The number of ether oxygens (including phenoxy) is 2. The topological polar surface area (TPSA) is 35.5 Å². The lowest BCUT2D eigenvalue weighted by molar-refractivity contribution is -0.168. The Morgan fingerprint density at radius 1 is 0.528 bits per heavy atom. The largest absolute Gasteiger partial charge is 0.458 e. The number of hydrogen-bond acceptors (Lipinski definition) is 3. The van der Waals surface area contributed by atoms with Crippen LogP contribution < -0.4 is 0 Å². The Bertz CT molecular complexity index is 454. The van der Waals surface area contributed by atoms with E-state index in [2.05, 4.69) is 6.92 Å². The molecule has 3 heteroatoms. The molecule has 0 aliphatic rings. The fraction of sp³-hybridized carbons (Fsp3) is 0.970. The molecule has 0 rings (SSSR count). The molecular formula is C33H66O3. The summed E-state index contributed by atoms with van der Waals surface area (Å²) in [5.74, 6) is -0.223. The summed E-state index contributed by atoms with van der Waals surface area (Å²) in [6.45, 7) is 10.6. The van der Waals surface area contributed by atoms with Gasteiger partial charge in [-0.3, -0.25) is 0 Å². The van der Waals surface area contributed by atoms with E-state index in [1.165, 1.54) is 141 Å². The predicted molar refractivity (Wildman–Crippen MR) is 158 cm³/mol. The van der Waals surface area contributed by atoms with Gasteiger partial charge in [-0.25, -0.2) is 4.79 Å². The predicted octanol–water partition coefficient (Wildman–Crippen LogP) is 11.1. The molecule has 0 aliphatic heterocycles. The Balaban J connectivity index is 3.25. The molecule has 0 saturated heterocycles. The molecule has 1 atom stereocenters. The molecule has 0 fully saturated rings. The van der Waals surface area contributed by atoms with E-state index in [9.17, 15) is 4.79 Å². The summed E-state index contributed by atoms with van der Waals surface area (Å²) in [4.78, 5) is 12.1. The molecule has 0 heterocycles. The molecule has 0 bridgehead atoms. The van der Waals surface area contributed by atoms with Gasteiger partial charge in [-0.1, -0.05) is 155 Å². The first-order valence-electron chi connectivity index (χ1n) is 16.2. The molecule has 0 spiro atoms. The van der Waals surface area contributed by atoms with Gasteiger partial charge < -0.3 is 9.47 Å². The van der Waals surface area contributed by atoms with E-state index in [1.807, 2.05) is 27.7 Å². The minimum atomic E-state index is -0.444. The van der Waals surface area contributed by atoms with Crippen LogP contribution >= 0.6 is 0 Å². The minimum Gasteiger partial charge on any atom is -0.458 e. The van der Waals surface area contributed by atoms with Gasteiger partial charge in [0, 0.05) is 6.61 Å². The van der Waals surface area contributed by atoms with Gasteiger partial charge in [-0.15, -0.1) is 0 Å². The SMILES string of the molecule is CCCCCCCCCCCCCCCCCCCCCCCCCOC(CC)C(=O)OC(C)(C)C. The number of esters is 1. The van der Waals surface area contributed by atoms with Crippen molar-refractivity contribution < 1.29 is 14.3 Å². The smallest absolute Gasteiger partial charge is 0.335 e. The second-order valence-electron chi connectivity index (χ2n) is 12.1. The van der Waals surface area contributed by atoms with Crippen LogP contribution in [0.4, 0.5) is 0 Å². The van der Waals surface area contributed by atoms with E-state index in [1.54, 1.807) is 0 Å². The van der Waals surface area contributed by atoms with Gasteiger partial charge in [0.2, 0.25) is 0 Å². The molecule has 0 amide bonds. The van der Waals surface area contributed by atoms with Crippen molar-refractivity contribution in [3.8, 4) is 0 Å². The second kappa shape index (κ2) is 26.1. The highest BCUT2D eigenvalue weighted by molar-refractivity contribution is 5.75. The number of unbranched alkanes of at least 4 members (excludes halogenated alkanes) is 22. The Labute approximate surface area is 227 Å². The highest BCUT2D eigenvalue weighted by atomic mass is 16.6. The molecular weight excluding hydrogens is 444 g/mol. The Morgan fingerprint density at radius 3 is 1.11 bits per heavy atom. The highest BCUT2D eigenvalue weighted by Crippen LogP contribution is 2.16. The summed E-state index contributed by atoms with van der Waals surface area (Å²) >= 11 is 0. The molecule has 0 aromatic heterocycles. The van der Waals surface area contributed by atoms with Crippen LogP contribution in [0, 0.1) is 0 Å². The maximum Gasteiger partial charge on any atom is 0.335 e. The monoisotopic (exact) mass is 511 g/mol. The van der Waals surface area contributed by atoms with E-state index in [4.69, 9.17) is 9.47 Å². The first kappa shape index (κ1) is 35.4. The number of hydrogen-bond donors (Lipinski definition) is 0. The van der Waals surface area contributed by atoms with Crippen molar-refractivity contribution in [3.05, 3.63) is 0 Å². The van der Waals surface area contributed by atoms with Gasteiger partial charge in [0.1, 0.15) is 5.60 Å². The molecule has 0 aromatic carbocycles. The molecule has 0 N–H and O–H groups in total. The van der Waals surface area contributed by atoms with Crippen LogP contribution in [0.2, 0.25) is 0 Å². The lowest BCUT2D eigenvalue weighted by Gasteiger charge is -2.23. The second-order valence-corrected chi connectivity index (χ2v) is 12.1. The Hall–Kier alpha value is -0.570. The van der Waals surface area contributed by atoms with Crippen LogP contribution in [0.5, 0.6) is 0 Å². The third-order valence-corrected chi connectivity index (χ3v) is 7.11. The van der Waals surface area contributed by atoms with Crippen molar-refractivity contribution in [2.45, 2.75) is 200 Å². The van der Waals surface area contributed by atoms with Gasteiger partial charge in [-0.05, 0) is 33.6 Å². The van der Waals surface area contributed by atoms with E-state index in [0.29, 0.717) is 13.0 Å². The van der Waals surface area contributed by atoms with Crippen LogP contribution in [0.15, 0.2) is 0 Å². The molecule has 216 valence electrons. The van der Waals surface area contributed by atoms with Crippen LogP contribution in [-0.2, 0) is 14.3 Å². The van der Waals surface area contributed by atoms with Crippen LogP contribution in [0.3, 0.4) is 0 Å². The molecule has 36 heavy (non-hydrogen) atoms. The van der Waals surface area contributed by atoms with Crippen LogP contribution in [0.1, 0.15) is 189 Å². The summed E-state index contributed by atoms with van der Waals surface area (Å²) in [7, 11) is 0. The zero-order valence-corrected chi connectivity index (χ0v) is 25.5. The van der Waals surface area contributed by atoms with E-state index < -0.39 is 11.7 Å². The van der Waals surface area contributed by atoms with Gasteiger partial charge >= 0.3 is 5.97 Å². The fourth-order valence-corrected chi connectivity index (χ4v) is 4.83. The minimum absolute atomic E-state index is 0.223. The van der Waals surface area contributed by atoms with Gasteiger partial charge in [0.25, 0.3) is 0 Å². The summed E-state index contributed by atoms with van der Waals surface area (Å²) in [6.07, 6.45) is 32.5. The van der Waals surface area contributed by atoms with Crippen molar-refractivity contribution in [2.24, 2.45) is 0 Å². The maximum absolute atomic E-state index is 12.1. The van der Waals surface area contributed by atoms with Crippen molar-refractivity contribution in [1.29, 1.82) is 0 Å². The van der Waals surface area contributed by atoms with Gasteiger partial charge in [-0.2, -0.15) is 0 Å². The molecule has 3 nitrogen and oxygen atoms in total. The van der Waals surface area contributed by atoms with E-state index in [0.717, 1.165) is 6.42 Å². The molecule has 0 saturated carbocycles.